The fourth-order valence-corrected chi connectivity index (χ4v) is 18.5. The fourth-order valence-electron chi connectivity index (χ4n) is 18.5. The number of carbonyl (C=O) groups excluding carboxylic acids is 11. The summed E-state index contributed by atoms with van der Waals surface area (Å²) in [6.07, 6.45) is 15.7. The third-order valence-electron chi connectivity index (χ3n) is 24.9. The number of unbranched alkanes of at least 4 members (excludes halogenated alkanes) is 3. The Morgan fingerprint density at radius 3 is 2.09 bits per heavy atom. The Labute approximate surface area is 655 Å². The number of rotatable bonds is 23. The maximum Gasteiger partial charge on any atom is 0.329 e. The highest BCUT2D eigenvalue weighted by Gasteiger charge is 2.68. The van der Waals surface area contributed by atoms with Crippen molar-refractivity contribution >= 4 is 64.7 Å². The number of ketones is 5. The van der Waals surface area contributed by atoms with Gasteiger partial charge in [-0.25, -0.2) is 4.79 Å². The molecular formula is C87H124N2O22. The summed E-state index contributed by atoms with van der Waals surface area (Å²) in [6, 6.07) is -1.21. The smallest absolute Gasteiger partial charge is 0.329 e. The molecule has 0 aromatic heterocycles. The Hall–Kier alpha value is -7.19. The van der Waals surface area contributed by atoms with Gasteiger partial charge in [-0.2, -0.15) is 0 Å². The first-order valence-corrected chi connectivity index (χ1v) is 40.4. The molecule has 4 heterocycles. The van der Waals surface area contributed by atoms with E-state index in [9.17, 15) is 63.0 Å². The first-order valence-electron chi connectivity index (χ1n) is 40.4. The number of cyclic esters (lactones) is 2. The number of amides is 1. The molecule has 2 bridgehead atoms. The molecule has 0 spiro atoms. The van der Waals surface area contributed by atoms with E-state index < -0.39 is 160 Å². The molecule has 8 aliphatic rings. The van der Waals surface area contributed by atoms with Crippen LogP contribution in [0.1, 0.15) is 204 Å². The summed E-state index contributed by atoms with van der Waals surface area (Å²) in [7, 11) is 4.36. The van der Waals surface area contributed by atoms with Crippen LogP contribution in [-0.4, -0.2) is 206 Å². The van der Waals surface area contributed by atoms with Crippen LogP contribution in [0.4, 0.5) is 0 Å². The summed E-state index contributed by atoms with van der Waals surface area (Å²) < 4.78 is 54.9. The average molecular weight is 1550 g/mol. The number of aliphatic hydroxyl groups is 2. The summed E-state index contributed by atoms with van der Waals surface area (Å²) in [4.78, 5) is 161. The highest BCUT2D eigenvalue weighted by Crippen LogP contribution is 2.62. The zero-order valence-corrected chi connectivity index (χ0v) is 67.8. The van der Waals surface area contributed by atoms with Gasteiger partial charge in [0.05, 0.1) is 36.8 Å². The third kappa shape index (κ3) is 21.2. The number of piperidine rings is 1. The molecule has 111 heavy (non-hydrogen) atoms. The molecule has 4 aliphatic heterocycles. The van der Waals surface area contributed by atoms with Crippen molar-refractivity contribution < 1.29 is 106 Å². The number of methoxy groups -OCH3 is 3. The molecule has 0 radical (unpaired) electrons. The number of Topliss-reactive ketones (excluding diaryl/α,β-unsaturated/α-hetero) is 5. The number of allylic oxidation sites excluding steroid dienone is 7. The van der Waals surface area contributed by atoms with E-state index in [1.807, 2.05) is 63.0 Å². The van der Waals surface area contributed by atoms with Gasteiger partial charge in [0.25, 0.3) is 11.7 Å². The van der Waals surface area contributed by atoms with E-state index in [1.54, 1.807) is 66.0 Å². The molecule has 3 saturated heterocycles. The highest BCUT2D eigenvalue weighted by atomic mass is 16.6. The van der Waals surface area contributed by atoms with Crippen molar-refractivity contribution in [1.82, 2.24) is 9.80 Å². The van der Waals surface area contributed by atoms with Gasteiger partial charge in [0.2, 0.25) is 17.4 Å². The van der Waals surface area contributed by atoms with Gasteiger partial charge in [-0.05, 0) is 137 Å². The van der Waals surface area contributed by atoms with Crippen molar-refractivity contribution in [2.45, 2.75) is 271 Å². The van der Waals surface area contributed by atoms with Gasteiger partial charge in [-0.15, -0.1) is 13.2 Å². The zero-order chi connectivity index (χ0) is 81.4. The first kappa shape index (κ1) is 89.4. The molecule has 24 nitrogen and oxygen atoms in total. The van der Waals surface area contributed by atoms with Crippen molar-refractivity contribution in [2.75, 3.05) is 54.1 Å². The van der Waals surface area contributed by atoms with Crippen molar-refractivity contribution in [3.63, 3.8) is 0 Å². The normalized spacial score (nSPS) is 34.8. The summed E-state index contributed by atoms with van der Waals surface area (Å²) >= 11 is 0. The lowest BCUT2D eigenvalue weighted by Gasteiger charge is -2.56. The zero-order valence-electron chi connectivity index (χ0n) is 67.8. The number of esters is 5. The fraction of sp³-hybridized carbons (Fsp3) is 0.690. The number of nitrogens with zero attached hydrogens (tertiary/aromatic N) is 2. The number of ether oxygens (including phenoxy) is 9. The van der Waals surface area contributed by atoms with Crippen LogP contribution in [0.5, 0.6) is 0 Å². The Kier molecular flexibility index (Phi) is 32.4. The maximum atomic E-state index is 14.9. The summed E-state index contributed by atoms with van der Waals surface area (Å²) in [5.41, 5.74) is -0.350. The lowest BCUT2D eigenvalue weighted by atomic mass is 9.50. The van der Waals surface area contributed by atoms with Crippen molar-refractivity contribution in [3.05, 3.63) is 95.7 Å². The molecule has 2 unspecified atom stereocenters. The Bertz CT molecular complexity index is 3600. The van der Waals surface area contributed by atoms with Crippen molar-refractivity contribution in [1.29, 1.82) is 0 Å². The van der Waals surface area contributed by atoms with Gasteiger partial charge >= 0.3 is 29.8 Å². The average Bonchev–Trinajstić information content (AvgIpc) is 1.66. The second kappa shape index (κ2) is 40.2. The van der Waals surface area contributed by atoms with Crippen LogP contribution >= 0.6 is 0 Å². The molecule has 0 aromatic rings. The molecule has 4 aliphatic carbocycles. The predicted molar refractivity (Wildman–Crippen MR) is 412 cm³/mol. The lowest BCUT2D eigenvalue weighted by Crippen LogP contribution is -2.65. The first-order chi connectivity index (χ1) is 52.7. The molecule has 4 fully saturated rings. The van der Waals surface area contributed by atoms with E-state index >= 15 is 0 Å². The maximum absolute atomic E-state index is 14.9. The van der Waals surface area contributed by atoms with Crippen LogP contribution in [0.2, 0.25) is 0 Å². The molecule has 8 rings (SSSR count). The van der Waals surface area contributed by atoms with E-state index in [0.29, 0.717) is 107 Å². The van der Waals surface area contributed by atoms with E-state index in [1.165, 1.54) is 26.0 Å². The standard InChI is InChI=1S/C87H124N2O22/c1-16-40-88(41-17-2)49-62-74-78(97)77(96)73-63-38-39-69(85(63,11)48-68(106-58(10)90)75(73)86(74,12)70(50-103-13)109-83(62)100)108-71(93)30-23-18-19-24-31-72(94)110-79-56(8)44-53(5)65(92)47-67(54(6)45-59-33-35-60(91)36-34-59)107-84(101)64-29-25-26-42-89(64)82(99)81(98)87(102)57(9)32-37-61(111-87)46-66(104-14)52(4)28-22-20-21-27-51(3)43-55(7)76(95)80(79)105-15/h16-17,20-22,27-28,38,44,51,53-55,57,59-62,64,66-70,74,79-80,91,102H,1-2,18-19,23-26,29-37,39-43,45-50H2,3-15H3/t51-,53-,54-,55-,57-,59?,60?,61+,62?,64+,66+,67+,68-,69+,70-,74?,79-,80+,85+,86+,87-/m1/s1. The van der Waals surface area contributed by atoms with E-state index in [2.05, 4.69) is 13.2 Å². The number of carbonyl (C=O) groups is 11. The highest BCUT2D eigenvalue weighted by molar-refractivity contribution is 6.47. The lowest BCUT2D eigenvalue weighted by molar-refractivity contribution is -0.265. The summed E-state index contributed by atoms with van der Waals surface area (Å²) in [5, 5.41) is 22.5. The number of aliphatic hydroxyl groups excluding tert-OH is 1. The van der Waals surface area contributed by atoms with Crippen LogP contribution in [-0.2, 0) is 95.4 Å². The second-order valence-electron chi connectivity index (χ2n) is 33.2. The molecule has 19 atom stereocenters. The van der Waals surface area contributed by atoms with E-state index in [-0.39, 0.29) is 99.5 Å². The van der Waals surface area contributed by atoms with Gasteiger partial charge in [-0.3, -0.25) is 52.8 Å². The van der Waals surface area contributed by atoms with E-state index in [0.717, 1.165) is 18.4 Å². The van der Waals surface area contributed by atoms with E-state index in [4.69, 9.17) is 42.6 Å². The Morgan fingerprint density at radius 1 is 0.775 bits per heavy atom. The van der Waals surface area contributed by atoms with Gasteiger partial charge < -0.3 is 57.7 Å². The topological polar surface area (TPSA) is 318 Å². The van der Waals surface area contributed by atoms with Crippen LogP contribution in [0.3, 0.4) is 0 Å². The number of hydrogen-bond acceptors (Lipinski definition) is 23. The molecule has 0 aromatic carbocycles. The van der Waals surface area contributed by atoms with Gasteiger partial charge in [0.15, 0.2) is 18.0 Å². The third-order valence-corrected chi connectivity index (χ3v) is 24.9. The van der Waals surface area contributed by atoms with Crippen molar-refractivity contribution in [2.24, 2.45) is 58.2 Å². The Morgan fingerprint density at radius 2 is 1.45 bits per heavy atom. The molecule has 24 heteroatoms. The molecule has 1 amide bonds. The number of hydrogen-bond donors (Lipinski definition) is 2. The molecular weight excluding hydrogens is 1420 g/mol. The minimum absolute atomic E-state index is 0.000960. The molecule has 614 valence electrons. The summed E-state index contributed by atoms with van der Waals surface area (Å²) in [5.74, 6) is -15.1. The monoisotopic (exact) mass is 1550 g/mol. The summed E-state index contributed by atoms with van der Waals surface area (Å²) in [6.45, 7) is 25.8. The number of fused-ring (bicyclic) bond motifs is 7. The van der Waals surface area contributed by atoms with Gasteiger partial charge in [0, 0.05) is 127 Å². The van der Waals surface area contributed by atoms with Crippen LogP contribution in [0.25, 0.3) is 0 Å². The minimum Gasteiger partial charge on any atom is -0.461 e. The predicted octanol–water partition coefficient (Wildman–Crippen LogP) is 11.0. The SMILES string of the molecule is C=CCN(CC=C)CC1C(=O)O[C@H](COC)[C@]2(C)C3=C(C(=O)C(=O)C12)C1=CC[C@H](OC(=O)CCCCCCC(=O)O[C@@H]2C(C)=C[C@@H](C)C(=O)C[C@@H]([C@H](C)CC4CCC(O)CC4)OC(=O)[C@@H]4CCCCN4C(=O)C(=O)[C@]4(O)O[C@@H](CC[C@H]4C)C[C@H](OC)C(C)=CC=CC=C[C@@H](C)C[C@@H](C)C(=O)[C@@H]2OC)[C@@]1(C)C[C@H]3OC(C)=O. The quantitative estimate of drug-likeness (QED) is 0.0316. The Balaban J connectivity index is 0.976. The van der Waals surface area contributed by atoms with Crippen molar-refractivity contribution in [3.8, 4) is 0 Å². The van der Waals surface area contributed by atoms with Crippen LogP contribution < -0.4 is 0 Å². The largest absolute Gasteiger partial charge is 0.461 e. The molecule has 2 N–H and O–H groups in total. The van der Waals surface area contributed by atoms with Crippen LogP contribution in [0.15, 0.2) is 95.7 Å². The molecule has 1 saturated carbocycles. The van der Waals surface area contributed by atoms with Gasteiger partial charge in [0.1, 0.15) is 36.2 Å². The van der Waals surface area contributed by atoms with Crippen LogP contribution in [0, 0.1) is 58.2 Å². The second-order valence-corrected chi connectivity index (χ2v) is 33.2. The van der Waals surface area contributed by atoms with Gasteiger partial charge in [-0.1, -0.05) is 116 Å². The minimum atomic E-state index is -2.49.